The van der Waals surface area contributed by atoms with Crippen molar-refractivity contribution in [2.45, 2.75) is 26.7 Å². The summed E-state index contributed by atoms with van der Waals surface area (Å²) < 4.78 is 13.1. The number of aliphatic hydroxyl groups is 1. The van der Waals surface area contributed by atoms with E-state index in [1.54, 1.807) is 6.07 Å². The Balaban J connectivity index is 2.71. The summed E-state index contributed by atoms with van der Waals surface area (Å²) in [5.41, 5.74) is 0.494. The van der Waals surface area contributed by atoms with Crippen LogP contribution in [0.1, 0.15) is 26.7 Å². The molecule has 0 aliphatic carbocycles. The minimum atomic E-state index is -0.359. The van der Waals surface area contributed by atoms with Gasteiger partial charge in [-0.1, -0.05) is 25.4 Å². The fourth-order valence-electron chi connectivity index (χ4n) is 1.72. The van der Waals surface area contributed by atoms with E-state index in [4.69, 9.17) is 11.6 Å². The number of hydrogen-bond acceptors (Lipinski definition) is 2. The Labute approximate surface area is 107 Å². The molecule has 0 fully saturated rings. The zero-order valence-corrected chi connectivity index (χ0v) is 11.0. The number of anilines is 1. The quantitative estimate of drug-likeness (QED) is 0.817. The monoisotopic (exact) mass is 259 g/mol. The molecule has 0 heterocycles. The third-order valence-electron chi connectivity index (χ3n) is 3.37. The molecule has 1 aromatic carbocycles. The molecule has 0 unspecified atom stereocenters. The maximum atomic E-state index is 13.1. The Hall–Kier alpha value is -0.800. The van der Waals surface area contributed by atoms with E-state index in [9.17, 15) is 9.50 Å². The minimum Gasteiger partial charge on any atom is -0.396 e. The normalized spacial score (nSPS) is 11.6. The predicted molar refractivity (Wildman–Crippen MR) is 70.0 cm³/mol. The summed E-state index contributed by atoms with van der Waals surface area (Å²) in [6.07, 6.45) is 1.74. The highest BCUT2D eigenvalue weighted by atomic mass is 35.5. The third kappa shape index (κ3) is 3.86. The van der Waals surface area contributed by atoms with E-state index in [1.165, 1.54) is 12.1 Å². The fraction of sp³-hybridized carbons (Fsp3) is 0.538. The van der Waals surface area contributed by atoms with Crippen LogP contribution in [0.5, 0.6) is 0 Å². The van der Waals surface area contributed by atoms with Crippen LogP contribution in [0.15, 0.2) is 18.2 Å². The van der Waals surface area contributed by atoms with Crippen molar-refractivity contribution in [1.29, 1.82) is 0 Å². The molecule has 0 bridgehead atoms. The zero-order valence-electron chi connectivity index (χ0n) is 10.3. The standard InChI is InChI=1S/C13H19ClFNO/c1-3-13(4-2,9-17)8-16-12-6-10(14)5-11(15)7-12/h5-7,16-17H,3-4,8-9H2,1-2H3. The van der Waals surface area contributed by atoms with Crippen molar-refractivity contribution >= 4 is 17.3 Å². The van der Waals surface area contributed by atoms with Gasteiger partial charge in [-0.05, 0) is 31.0 Å². The first-order chi connectivity index (χ1) is 8.05. The van der Waals surface area contributed by atoms with E-state index in [1.807, 2.05) is 13.8 Å². The summed E-state index contributed by atoms with van der Waals surface area (Å²) in [7, 11) is 0. The van der Waals surface area contributed by atoms with E-state index in [0.29, 0.717) is 17.3 Å². The second kappa shape index (κ2) is 6.22. The zero-order chi connectivity index (χ0) is 12.9. The molecule has 2 nitrogen and oxygen atoms in total. The molecule has 0 aliphatic heterocycles. The molecule has 0 amide bonds. The van der Waals surface area contributed by atoms with Gasteiger partial charge < -0.3 is 10.4 Å². The highest BCUT2D eigenvalue weighted by molar-refractivity contribution is 6.30. The Morgan fingerprint density at radius 2 is 1.94 bits per heavy atom. The van der Waals surface area contributed by atoms with Crippen molar-refractivity contribution in [3.05, 3.63) is 29.0 Å². The van der Waals surface area contributed by atoms with Crippen molar-refractivity contribution in [3.63, 3.8) is 0 Å². The SMILES string of the molecule is CCC(CC)(CO)CNc1cc(F)cc(Cl)c1. The second-order valence-corrected chi connectivity index (χ2v) is 4.81. The minimum absolute atomic E-state index is 0.121. The molecule has 0 saturated heterocycles. The third-order valence-corrected chi connectivity index (χ3v) is 3.58. The van der Waals surface area contributed by atoms with E-state index in [-0.39, 0.29) is 17.8 Å². The predicted octanol–water partition coefficient (Wildman–Crippen LogP) is 3.69. The Morgan fingerprint density at radius 1 is 1.29 bits per heavy atom. The molecule has 96 valence electrons. The summed E-state index contributed by atoms with van der Waals surface area (Å²) in [5, 5.41) is 12.9. The molecule has 0 saturated carbocycles. The first-order valence-electron chi connectivity index (χ1n) is 5.86. The van der Waals surface area contributed by atoms with E-state index in [0.717, 1.165) is 12.8 Å². The number of aliphatic hydroxyl groups excluding tert-OH is 1. The van der Waals surface area contributed by atoms with Crippen LogP contribution in [-0.2, 0) is 0 Å². The Bertz CT molecular complexity index is 338. The maximum Gasteiger partial charge on any atom is 0.126 e. The molecular weight excluding hydrogens is 241 g/mol. The van der Waals surface area contributed by atoms with Crippen molar-refractivity contribution < 1.29 is 9.50 Å². The van der Waals surface area contributed by atoms with Crippen molar-refractivity contribution in [1.82, 2.24) is 0 Å². The molecule has 4 heteroatoms. The van der Waals surface area contributed by atoms with Gasteiger partial charge in [-0.3, -0.25) is 0 Å². The van der Waals surface area contributed by atoms with Crippen LogP contribution in [-0.4, -0.2) is 18.3 Å². The second-order valence-electron chi connectivity index (χ2n) is 4.38. The smallest absolute Gasteiger partial charge is 0.126 e. The topological polar surface area (TPSA) is 32.3 Å². The molecule has 0 aliphatic rings. The van der Waals surface area contributed by atoms with Gasteiger partial charge in [0.25, 0.3) is 0 Å². The first-order valence-corrected chi connectivity index (χ1v) is 6.24. The largest absolute Gasteiger partial charge is 0.396 e. The molecule has 1 aromatic rings. The molecule has 0 atom stereocenters. The van der Waals surface area contributed by atoms with Gasteiger partial charge >= 0.3 is 0 Å². The molecule has 2 N–H and O–H groups in total. The van der Waals surface area contributed by atoms with Crippen molar-refractivity contribution in [3.8, 4) is 0 Å². The van der Waals surface area contributed by atoms with E-state index in [2.05, 4.69) is 5.32 Å². The maximum absolute atomic E-state index is 13.1. The highest BCUT2D eigenvalue weighted by Gasteiger charge is 2.24. The fourth-order valence-corrected chi connectivity index (χ4v) is 1.95. The van der Waals surface area contributed by atoms with Gasteiger partial charge in [-0.25, -0.2) is 4.39 Å². The number of benzene rings is 1. The lowest BCUT2D eigenvalue weighted by atomic mass is 9.83. The van der Waals surface area contributed by atoms with Crippen LogP contribution in [0.3, 0.4) is 0 Å². The molecule has 0 aromatic heterocycles. The molecule has 0 spiro atoms. The number of halogens is 2. The molecule has 17 heavy (non-hydrogen) atoms. The van der Waals surface area contributed by atoms with Gasteiger partial charge in [-0.15, -0.1) is 0 Å². The molecular formula is C13H19ClFNO. The summed E-state index contributed by atoms with van der Waals surface area (Å²) in [5.74, 6) is -0.359. The van der Waals surface area contributed by atoms with Crippen LogP contribution in [0.2, 0.25) is 5.02 Å². The van der Waals surface area contributed by atoms with Gasteiger partial charge in [0.05, 0.1) is 6.61 Å². The lowest BCUT2D eigenvalue weighted by Gasteiger charge is -2.30. The highest BCUT2D eigenvalue weighted by Crippen LogP contribution is 2.27. The van der Waals surface area contributed by atoms with Gasteiger partial charge in [0.1, 0.15) is 5.82 Å². The average molecular weight is 260 g/mol. The van der Waals surface area contributed by atoms with Crippen LogP contribution in [0.25, 0.3) is 0 Å². The summed E-state index contributed by atoms with van der Waals surface area (Å²) in [4.78, 5) is 0. The van der Waals surface area contributed by atoms with Crippen LogP contribution >= 0.6 is 11.6 Å². The lowest BCUT2D eigenvalue weighted by Crippen LogP contribution is -2.32. The average Bonchev–Trinajstić information content (AvgIpc) is 2.30. The van der Waals surface area contributed by atoms with E-state index < -0.39 is 0 Å². The molecule has 0 radical (unpaired) electrons. The van der Waals surface area contributed by atoms with Gasteiger partial charge in [0, 0.05) is 22.7 Å². The van der Waals surface area contributed by atoms with Crippen LogP contribution < -0.4 is 5.32 Å². The Morgan fingerprint density at radius 3 is 2.41 bits per heavy atom. The van der Waals surface area contributed by atoms with Crippen molar-refractivity contribution in [2.75, 3.05) is 18.5 Å². The summed E-state index contributed by atoms with van der Waals surface area (Å²) >= 11 is 5.77. The molecule has 1 rings (SSSR count). The van der Waals surface area contributed by atoms with Gasteiger partial charge in [0.2, 0.25) is 0 Å². The number of hydrogen-bond donors (Lipinski definition) is 2. The summed E-state index contributed by atoms with van der Waals surface area (Å²) in [6, 6.07) is 4.35. The number of nitrogens with one attached hydrogen (secondary N) is 1. The van der Waals surface area contributed by atoms with Gasteiger partial charge in [0.15, 0.2) is 0 Å². The van der Waals surface area contributed by atoms with Crippen molar-refractivity contribution in [2.24, 2.45) is 5.41 Å². The first kappa shape index (κ1) is 14.3. The van der Waals surface area contributed by atoms with Crippen LogP contribution in [0.4, 0.5) is 10.1 Å². The lowest BCUT2D eigenvalue weighted by molar-refractivity contribution is 0.127. The van der Waals surface area contributed by atoms with Crippen LogP contribution in [0, 0.1) is 11.2 Å². The van der Waals surface area contributed by atoms with Gasteiger partial charge in [-0.2, -0.15) is 0 Å². The number of rotatable bonds is 6. The Kier molecular flexibility index (Phi) is 5.22. The summed E-state index contributed by atoms with van der Waals surface area (Å²) in [6.45, 7) is 4.81. The van der Waals surface area contributed by atoms with E-state index >= 15 is 0 Å².